The lowest BCUT2D eigenvalue weighted by molar-refractivity contribution is -0.112. The first-order valence-corrected chi connectivity index (χ1v) is 7.32. The van der Waals surface area contributed by atoms with Crippen molar-refractivity contribution < 1.29 is 4.79 Å². The van der Waals surface area contributed by atoms with Gasteiger partial charge >= 0.3 is 0 Å². The quantitative estimate of drug-likeness (QED) is 0.800. The van der Waals surface area contributed by atoms with Crippen LogP contribution < -0.4 is 5.56 Å². The highest BCUT2D eigenvalue weighted by Gasteiger charge is 2.19. The van der Waals surface area contributed by atoms with Crippen molar-refractivity contribution in [2.75, 3.05) is 13.1 Å². The molecule has 0 aromatic carbocycles. The zero-order valence-corrected chi connectivity index (χ0v) is 12.2. The molecule has 5 nitrogen and oxygen atoms in total. The van der Waals surface area contributed by atoms with Crippen LogP contribution in [0.5, 0.6) is 0 Å². The standard InChI is InChI=1S/C16H19N3O2/c1-12-2-7-19-15(8-12)17-14(9-16(19)21)10-18-5-3-13(11-20)4-6-18/h2,7-9,11,13H,3-6,10H2,1H3. The first kappa shape index (κ1) is 13.9. The van der Waals surface area contributed by atoms with E-state index in [-0.39, 0.29) is 11.5 Å². The lowest BCUT2D eigenvalue weighted by Gasteiger charge is -2.29. The van der Waals surface area contributed by atoms with Gasteiger partial charge in [-0.1, -0.05) is 0 Å². The molecular weight excluding hydrogens is 266 g/mol. The minimum atomic E-state index is -0.0437. The van der Waals surface area contributed by atoms with Crippen LogP contribution in [0.2, 0.25) is 0 Å². The Morgan fingerprint density at radius 1 is 1.33 bits per heavy atom. The number of likely N-dealkylation sites (tertiary alicyclic amines) is 1. The number of rotatable bonds is 3. The van der Waals surface area contributed by atoms with E-state index in [4.69, 9.17) is 0 Å². The molecule has 110 valence electrons. The van der Waals surface area contributed by atoms with Gasteiger partial charge in [-0.2, -0.15) is 0 Å². The fourth-order valence-corrected chi connectivity index (χ4v) is 2.81. The number of aromatic nitrogens is 2. The predicted octanol–water partition coefficient (Wildman–Crippen LogP) is 1.41. The first-order valence-electron chi connectivity index (χ1n) is 7.32. The number of nitrogens with zero attached hydrogens (tertiary/aromatic N) is 3. The van der Waals surface area contributed by atoms with Crippen molar-refractivity contribution >= 4 is 11.9 Å². The predicted molar refractivity (Wildman–Crippen MR) is 80.3 cm³/mol. The summed E-state index contributed by atoms with van der Waals surface area (Å²) in [4.78, 5) is 29.7. The monoisotopic (exact) mass is 285 g/mol. The summed E-state index contributed by atoms with van der Waals surface area (Å²) in [6.45, 7) is 4.44. The number of hydrogen-bond acceptors (Lipinski definition) is 4. The average molecular weight is 285 g/mol. The Labute approximate surface area is 123 Å². The Hall–Kier alpha value is -2.01. The smallest absolute Gasteiger partial charge is 0.258 e. The van der Waals surface area contributed by atoms with Gasteiger partial charge in [0.25, 0.3) is 5.56 Å². The van der Waals surface area contributed by atoms with Gasteiger partial charge in [0.1, 0.15) is 11.9 Å². The van der Waals surface area contributed by atoms with E-state index in [2.05, 4.69) is 9.88 Å². The number of piperidine rings is 1. The summed E-state index contributed by atoms with van der Waals surface area (Å²) in [6.07, 6.45) is 4.62. The second-order valence-electron chi connectivity index (χ2n) is 5.77. The molecule has 0 amide bonds. The highest BCUT2D eigenvalue weighted by Crippen LogP contribution is 2.16. The molecule has 0 aliphatic carbocycles. The number of pyridine rings is 1. The van der Waals surface area contributed by atoms with Gasteiger partial charge in [0.05, 0.1) is 5.69 Å². The maximum Gasteiger partial charge on any atom is 0.258 e. The Morgan fingerprint density at radius 3 is 2.81 bits per heavy atom. The van der Waals surface area contributed by atoms with Crippen LogP contribution in [0.1, 0.15) is 24.1 Å². The van der Waals surface area contributed by atoms with E-state index in [0.29, 0.717) is 12.2 Å². The molecule has 0 atom stereocenters. The van der Waals surface area contributed by atoms with Crippen molar-refractivity contribution in [1.82, 2.24) is 14.3 Å². The zero-order valence-electron chi connectivity index (χ0n) is 12.2. The van der Waals surface area contributed by atoms with E-state index < -0.39 is 0 Å². The van der Waals surface area contributed by atoms with Gasteiger partial charge in [0.2, 0.25) is 0 Å². The van der Waals surface area contributed by atoms with Crippen LogP contribution in [-0.4, -0.2) is 33.7 Å². The van der Waals surface area contributed by atoms with Crippen LogP contribution in [-0.2, 0) is 11.3 Å². The molecule has 1 saturated heterocycles. The summed E-state index contributed by atoms with van der Waals surface area (Å²) in [5.41, 5.74) is 2.54. The average Bonchev–Trinajstić information content (AvgIpc) is 2.47. The molecule has 0 radical (unpaired) electrons. The molecule has 1 aliphatic rings. The van der Waals surface area contributed by atoms with Crippen molar-refractivity contribution in [3.05, 3.63) is 46.0 Å². The highest BCUT2D eigenvalue weighted by molar-refractivity contribution is 5.53. The molecule has 0 unspecified atom stereocenters. The van der Waals surface area contributed by atoms with E-state index in [1.807, 2.05) is 19.1 Å². The van der Waals surface area contributed by atoms with Gasteiger partial charge in [-0.3, -0.25) is 14.1 Å². The molecule has 2 aromatic rings. The van der Waals surface area contributed by atoms with Gasteiger partial charge in [-0.05, 0) is 50.6 Å². The molecule has 1 fully saturated rings. The summed E-state index contributed by atoms with van der Waals surface area (Å²) in [6, 6.07) is 5.43. The van der Waals surface area contributed by atoms with Crippen molar-refractivity contribution in [2.45, 2.75) is 26.3 Å². The van der Waals surface area contributed by atoms with E-state index in [1.165, 1.54) is 0 Å². The van der Waals surface area contributed by atoms with Gasteiger partial charge in [0, 0.05) is 24.7 Å². The molecule has 21 heavy (non-hydrogen) atoms. The molecule has 3 rings (SSSR count). The van der Waals surface area contributed by atoms with Crippen LogP contribution in [0.15, 0.2) is 29.2 Å². The lowest BCUT2D eigenvalue weighted by atomic mass is 9.98. The van der Waals surface area contributed by atoms with Crippen LogP contribution >= 0.6 is 0 Å². The Balaban J connectivity index is 1.81. The summed E-state index contributed by atoms with van der Waals surface area (Å²) in [5.74, 6) is 0.194. The van der Waals surface area contributed by atoms with E-state index in [1.54, 1.807) is 16.7 Å². The summed E-state index contributed by atoms with van der Waals surface area (Å²) in [5, 5.41) is 0. The third-order valence-electron chi connectivity index (χ3n) is 4.09. The third-order valence-corrected chi connectivity index (χ3v) is 4.09. The topological polar surface area (TPSA) is 54.7 Å². The summed E-state index contributed by atoms with van der Waals surface area (Å²) in [7, 11) is 0. The highest BCUT2D eigenvalue weighted by atomic mass is 16.1. The molecule has 1 aliphatic heterocycles. The lowest BCUT2D eigenvalue weighted by Crippen LogP contribution is -2.34. The van der Waals surface area contributed by atoms with Gasteiger partial charge in [-0.15, -0.1) is 0 Å². The Morgan fingerprint density at radius 2 is 2.10 bits per heavy atom. The molecular formula is C16H19N3O2. The molecule has 0 saturated carbocycles. The normalized spacial score (nSPS) is 17.2. The Bertz CT molecular complexity index is 715. The zero-order chi connectivity index (χ0) is 14.8. The Kier molecular flexibility index (Phi) is 3.84. The van der Waals surface area contributed by atoms with Crippen LogP contribution in [0.3, 0.4) is 0 Å². The number of carbonyl (C=O) groups is 1. The minimum Gasteiger partial charge on any atom is -0.303 e. The maximum atomic E-state index is 12.1. The van der Waals surface area contributed by atoms with E-state index >= 15 is 0 Å². The van der Waals surface area contributed by atoms with Gasteiger partial charge < -0.3 is 4.79 Å². The third kappa shape index (κ3) is 3.03. The van der Waals surface area contributed by atoms with Crippen molar-refractivity contribution in [3.8, 4) is 0 Å². The first-order chi connectivity index (χ1) is 10.2. The van der Waals surface area contributed by atoms with Crippen LogP contribution in [0.25, 0.3) is 5.65 Å². The number of fused-ring (bicyclic) bond motifs is 1. The molecule has 5 heteroatoms. The number of hydrogen-bond donors (Lipinski definition) is 0. The number of aldehydes is 1. The van der Waals surface area contributed by atoms with Gasteiger partial charge in [0.15, 0.2) is 0 Å². The molecule has 2 aromatic heterocycles. The van der Waals surface area contributed by atoms with E-state index in [0.717, 1.165) is 43.5 Å². The fraction of sp³-hybridized carbons (Fsp3) is 0.438. The largest absolute Gasteiger partial charge is 0.303 e. The molecule has 3 heterocycles. The van der Waals surface area contributed by atoms with Crippen LogP contribution in [0.4, 0.5) is 0 Å². The molecule has 0 spiro atoms. The number of aryl methyl sites for hydroxylation is 1. The fourth-order valence-electron chi connectivity index (χ4n) is 2.81. The molecule has 0 N–H and O–H groups in total. The SMILES string of the molecule is Cc1ccn2c(=O)cc(CN3CCC(C=O)CC3)nc2c1. The summed E-state index contributed by atoms with van der Waals surface area (Å²) < 4.78 is 1.56. The van der Waals surface area contributed by atoms with Gasteiger partial charge in [-0.25, -0.2) is 4.98 Å². The van der Waals surface area contributed by atoms with Crippen molar-refractivity contribution in [2.24, 2.45) is 5.92 Å². The van der Waals surface area contributed by atoms with E-state index in [9.17, 15) is 9.59 Å². The second-order valence-corrected chi connectivity index (χ2v) is 5.77. The van der Waals surface area contributed by atoms with Crippen molar-refractivity contribution in [3.63, 3.8) is 0 Å². The van der Waals surface area contributed by atoms with Crippen LogP contribution in [0, 0.1) is 12.8 Å². The van der Waals surface area contributed by atoms with Crippen molar-refractivity contribution in [1.29, 1.82) is 0 Å². The second kappa shape index (κ2) is 5.77. The number of carbonyl (C=O) groups excluding carboxylic acids is 1. The minimum absolute atomic E-state index is 0.0437. The molecule has 0 bridgehead atoms. The maximum absolute atomic E-state index is 12.1. The summed E-state index contributed by atoms with van der Waals surface area (Å²) >= 11 is 0.